The molecule has 1 saturated heterocycles. The summed E-state index contributed by atoms with van der Waals surface area (Å²) in [4.78, 5) is 0. The van der Waals surface area contributed by atoms with Crippen LogP contribution in [0, 0.1) is 0 Å². The molecule has 3 heteroatoms. The molecule has 0 N–H and O–H groups in total. The van der Waals surface area contributed by atoms with Crippen LogP contribution in [0.3, 0.4) is 0 Å². The van der Waals surface area contributed by atoms with Gasteiger partial charge in [-0.05, 0) is 43.2 Å². The number of hydrogen-bond acceptors (Lipinski definition) is 2. The Bertz CT molecular complexity index is 325. The topological polar surface area (TPSA) is 9.23 Å². The molecule has 2 rings (SSSR count). The van der Waals surface area contributed by atoms with Gasteiger partial charge in [-0.25, -0.2) is 0 Å². The monoisotopic (exact) mass is 256 g/mol. The molecule has 2 unspecified atom stereocenters. The second-order valence-electron chi connectivity index (χ2n) is 4.21. The minimum Gasteiger partial charge on any atom is -0.378 e. The summed E-state index contributed by atoms with van der Waals surface area (Å²) in [5, 5.41) is 1.57. The van der Waals surface area contributed by atoms with Crippen molar-refractivity contribution in [1.29, 1.82) is 0 Å². The summed E-state index contributed by atoms with van der Waals surface area (Å²) in [5.74, 6) is 0. The summed E-state index contributed by atoms with van der Waals surface area (Å²) in [6.45, 7) is 0.907. The highest BCUT2D eigenvalue weighted by Crippen LogP contribution is 2.25. The maximum atomic E-state index is 5.87. The Labute approximate surface area is 107 Å². The van der Waals surface area contributed by atoms with E-state index in [4.69, 9.17) is 16.3 Å². The van der Waals surface area contributed by atoms with Crippen molar-refractivity contribution in [2.75, 3.05) is 12.9 Å². The van der Waals surface area contributed by atoms with Crippen molar-refractivity contribution in [1.82, 2.24) is 0 Å². The van der Waals surface area contributed by atoms with Crippen LogP contribution in [-0.2, 0) is 11.2 Å². The van der Waals surface area contributed by atoms with Crippen LogP contribution < -0.4 is 0 Å². The summed E-state index contributed by atoms with van der Waals surface area (Å²) in [6, 6.07) is 8.08. The van der Waals surface area contributed by atoms with Crippen molar-refractivity contribution in [3.05, 3.63) is 34.9 Å². The fraction of sp³-hybridized carbons (Fsp3) is 0.538. The highest BCUT2D eigenvalue weighted by atomic mass is 35.5. The van der Waals surface area contributed by atoms with Gasteiger partial charge < -0.3 is 4.74 Å². The van der Waals surface area contributed by atoms with Gasteiger partial charge in [-0.1, -0.05) is 23.7 Å². The predicted octanol–water partition coefficient (Wildman–Crippen LogP) is 3.79. The van der Waals surface area contributed by atoms with E-state index in [1.54, 1.807) is 0 Å². The number of halogens is 1. The van der Waals surface area contributed by atoms with Crippen LogP contribution in [0.2, 0.25) is 5.02 Å². The van der Waals surface area contributed by atoms with Gasteiger partial charge in [-0.2, -0.15) is 11.8 Å². The molecule has 0 radical (unpaired) electrons. The average molecular weight is 257 g/mol. The van der Waals surface area contributed by atoms with Gasteiger partial charge in [-0.15, -0.1) is 0 Å². The Hall–Kier alpha value is -0.180. The molecule has 2 atom stereocenters. The van der Waals surface area contributed by atoms with Crippen molar-refractivity contribution < 1.29 is 4.74 Å². The summed E-state index contributed by atoms with van der Waals surface area (Å²) in [6.07, 6.45) is 5.94. The van der Waals surface area contributed by atoms with Crippen molar-refractivity contribution in [3.8, 4) is 0 Å². The average Bonchev–Trinajstić information content (AvgIpc) is 2.32. The SMILES string of the molecule is CSC1CCOC(Cc2ccc(Cl)cc2)C1. The molecule has 16 heavy (non-hydrogen) atoms. The molecule has 1 aromatic carbocycles. The van der Waals surface area contributed by atoms with Gasteiger partial charge in [0.25, 0.3) is 0 Å². The van der Waals surface area contributed by atoms with E-state index < -0.39 is 0 Å². The fourth-order valence-electron chi connectivity index (χ4n) is 2.08. The van der Waals surface area contributed by atoms with Crippen LogP contribution >= 0.6 is 23.4 Å². The quantitative estimate of drug-likeness (QED) is 0.814. The van der Waals surface area contributed by atoms with Crippen LogP contribution in [0.15, 0.2) is 24.3 Å². The van der Waals surface area contributed by atoms with E-state index in [0.717, 1.165) is 23.3 Å². The zero-order chi connectivity index (χ0) is 11.4. The first-order valence-corrected chi connectivity index (χ1v) is 7.33. The number of benzene rings is 1. The number of thioether (sulfide) groups is 1. The molecule has 0 amide bonds. The molecule has 0 bridgehead atoms. The van der Waals surface area contributed by atoms with E-state index >= 15 is 0 Å². The van der Waals surface area contributed by atoms with Gasteiger partial charge in [0.05, 0.1) is 6.10 Å². The Morgan fingerprint density at radius 1 is 1.38 bits per heavy atom. The van der Waals surface area contributed by atoms with Crippen molar-refractivity contribution in [3.63, 3.8) is 0 Å². The summed E-state index contributed by atoms with van der Waals surface area (Å²) in [7, 11) is 0. The minimum absolute atomic E-state index is 0.382. The van der Waals surface area contributed by atoms with Gasteiger partial charge in [0.15, 0.2) is 0 Å². The maximum absolute atomic E-state index is 5.87. The van der Waals surface area contributed by atoms with Crippen molar-refractivity contribution in [2.24, 2.45) is 0 Å². The van der Waals surface area contributed by atoms with E-state index in [1.807, 2.05) is 23.9 Å². The number of rotatable bonds is 3. The molecular weight excluding hydrogens is 240 g/mol. The normalized spacial score (nSPS) is 25.6. The third-order valence-corrected chi connectivity index (χ3v) is 4.38. The van der Waals surface area contributed by atoms with Crippen LogP contribution in [0.1, 0.15) is 18.4 Å². The third kappa shape index (κ3) is 3.41. The molecule has 1 aliphatic rings. The standard InChI is InChI=1S/C13H17ClOS/c1-16-13-6-7-15-12(9-13)8-10-2-4-11(14)5-3-10/h2-5,12-13H,6-9H2,1H3. The first-order chi connectivity index (χ1) is 7.78. The molecule has 1 nitrogen and oxygen atoms in total. The Balaban J connectivity index is 1.91. The lowest BCUT2D eigenvalue weighted by atomic mass is 10.0. The van der Waals surface area contributed by atoms with Crippen LogP contribution in [0.25, 0.3) is 0 Å². The lowest BCUT2D eigenvalue weighted by Gasteiger charge is -2.28. The summed E-state index contributed by atoms with van der Waals surface area (Å²) < 4.78 is 5.80. The zero-order valence-corrected chi connectivity index (χ0v) is 11.1. The molecule has 0 aromatic heterocycles. The second kappa shape index (κ2) is 5.95. The van der Waals surface area contributed by atoms with Gasteiger partial charge >= 0.3 is 0 Å². The molecule has 0 aliphatic carbocycles. The Morgan fingerprint density at radius 3 is 2.81 bits per heavy atom. The van der Waals surface area contributed by atoms with E-state index in [-0.39, 0.29) is 0 Å². The summed E-state index contributed by atoms with van der Waals surface area (Å²) >= 11 is 7.83. The van der Waals surface area contributed by atoms with Crippen LogP contribution in [0.4, 0.5) is 0 Å². The van der Waals surface area contributed by atoms with Gasteiger partial charge in [-0.3, -0.25) is 0 Å². The van der Waals surface area contributed by atoms with Gasteiger partial charge in [0.1, 0.15) is 0 Å². The van der Waals surface area contributed by atoms with E-state index in [9.17, 15) is 0 Å². The third-order valence-electron chi connectivity index (χ3n) is 3.03. The van der Waals surface area contributed by atoms with Crippen molar-refractivity contribution in [2.45, 2.75) is 30.6 Å². The Kier molecular flexibility index (Phi) is 4.56. The molecule has 0 spiro atoms. The van der Waals surface area contributed by atoms with E-state index in [1.165, 1.54) is 18.4 Å². The predicted molar refractivity (Wildman–Crippen MR) is 71.4 cm³/mol. The zero-order valence-electron chi connectivity index (χ0n) is 9.49. The smallest absolute Gasteiger partial charge is 0.0626 e. The molecule has 1 heterocycles. The first-order valence-electron chi connectivity index (χ1n) is 5.67. The molecule has 0 saturated carbocycles. The van der Waals surface area contributed by atoms with Crippen LogP contribution in [-0.4, -0.2) is 24.2 Å². The first kappa shape index (κ1) is 12.3. The molecule has 1 aliphatic heterocycles. The second-order valence-corrected chi connectivity index (χ2v) is 5.78. The van der Waals surface area contributed by atoms with E-state index in [2.05, 4.69) is 18.4 Å². The van der Waals surface area contributed by atoms with Gasteiger partial charge in [0.2, 0.25) is 0 Å². The lowest BCUT2D eigenvalue weighted by molar-refractivity contribution is 0.0197. The number of ether oxygens (including phenoxy) is 1. The molecule has 1 fully saturated rings. The van der Waals surface area contributed by atoms with Gasteiger partial charge in [0, 0.05) is 16.9 Å². The highest BCUT2D eigenvalue weighted by Gasteiger charge is 2.21. The largest absolute Gasteiger partial charge is 0.378 e. The Morgan fingerprint density at radius 2 is 2.12 bits per heavy atom. The minimum atomic E-state index is 0.382. The fourth-order valence-corrected chi connectivity index (χ4v) is 2.95. The van der Waals surface area contributed by atoms with E-state index in [0.29, 0.717) is 6.10 Å². The highest BCUT2D eigenvalue weighted by molar-refractivity contribution is 7.99. The molecular formula is C13H17ClOS. The molecule has 1 aromatic rings. The number of hydrogen-bond donors (Lipinski definition) is 0. The maximum Gasteiger partial charge on any atom is 0.0626 e. The molecule has 88 valence electrons. The van der Waals surface area contributed by atoms with Crippen LogP contribution in [0.5, 0.6) is 0 Å². The summed E-state index contributed by atoms with van der Waals surface area (Å²) in [5.41, 5.74) is 1.32. The lowest BCUT2D eigenvalue weighted by Crippen LogP contribution is -2.28. The van der Waals surface area contributed by atoms with Crippen molar-refractivity contribution >= 4 is 23.4 Å².